The SMILES string of the molecule is CCCOc1ccc(CN=C(NCC)NCc2cc(C(CC)CC)no2)cn1. The average Bonchev–Trinajstić information content (AvgIpc) is 3.19. The van der Waals surface area contributed by atoms with Gasteiger partial charge in [0.1, 0.15) is 0 Å². The summed E-state index contributed by atoms with van der Waals surface area (Å²) in [7, 11) is 0. The molecule has 7 heteroatoms. The van der Waals surface area contributed by atoms with Gasteiger partial charge in [-0.15, -0.1) is 0 Å². The molecule has 2 aromatic rings. The lowest BCUT2D eigenvalue weighted by atomic mass is 9.99. The third-order valence-corrected chi connectivity index (χ3v) is 4.43. The summed E-state index contributed by atoms with van der Waals surface area (Å²) in [5.41, 5.74) is 2.05. The number of nitrogens with zero attached hydrogens (tertiary/aromatic N) is 3. The summed E-state index contributed by atoms with van der Waals surface area (Å²) in [4.78, 5) is 8.93. The highest BCUT2D eigenvalue weighted by molar-refractivity contribution is 5.79. The summed E-state index contributed by atoms with van der Waals surface area (Å²) in [5, 5.41) is 10.8. The number of pyridine rings is 1. The van der Waals surface area contributed by atoms with Gasteiger partial charge in [-0.3, -0.25) is 0 Å². The lowest BCUT2D eigenvalue weighted by Gasteiger charge is -2.10. The molecular formula is C21H33N5O2. The van der Waals surface area contributed by atoms with Gasteiger partial charge in [-0.2, -0.15) is 0 Å². The first-order chi connectivity index (χ1) is 13.7. The van der Waals surface area contributed by atoms with E-state index in [1.165, 1.54) is 0 Å². The first kappa shape index (κ1) is 21.7. The molecule has 0 aliphatic carbocycles. The molecule has 2 rings (SSSR count). The number of hydrogen-bond acceptors (Lipinski definition) is 5. The van der Waals surface area contributed by atoms with Crippen molar-refractivity contribution in [1.29, 1.82) is 0 Å². The fourth-order valence-electron chi connectivity index (χ4n) is 2.79. The van der Waals surface area contributed by atoms with Gasteiger partial charge in [0.2, 0.25) is 5.88 Å². The van der Waals surface area contributed by atoms with Crippen LogP contribution in [0.3, 0.4) is 0 Å². The van der Waals surface area contributed by atoms with Gasteiger partial charge in [-0.1, -0.05) is 32.0 Å². The van der Waals surface area contributed by atoms with E-state index in [1.807, 2.05) is 25.1 Å². The van der Waals surface area contributed by atoms with Crippen LogP contribution >= 0.6 is 0 Å². The zero-order chi connectivity index (χ0) is 20.2. The number of ether oxygens (including phenoxy) is 1. The van der Waals surface area contributed by atoms with Crippen molar-refractivity contribution in [2.75, 3.05) is 13.2 Å². The highest BCUT2D eigenvalue weighted by Gasteiger charge is 2.13. The van der Waals surface area contributed by atoms with E-state index < -0.39 is 0 Å². The Morgan fingerprint density at radius 3 is 2.64 bits per heavy atom. The van der Waals surface area contributed by atoms with Gasteiger partial charge in [-0.05, 0) is 31.7 Å². The minimum Gasteiger partial charge on any atom is -0.478 e. The molecule has 2 aromatic heterocycles. The summed E-state index contributed by atoms with van der Waals surface area (Å²) in [5.74, 6) is 2.65. The Bertz CT molecular complexity index is 708. The van der Waals surface area contributed by atoms with E-state index in [-0.39, 0.29) is 0 Å². The first-order valence-electron chi connectivity index (χ1n) is 10.2. The zero-order valence-electron chi connectivity index (χ0n) is 17.5. The number of aliphatic imine (C=N–C) groups is 1. The van der Waals surface area contributed by atoms with Crippen molar-refractivity contribution in [2.45, 2.75) is 66.0 Å². The summed E-state index contributed by atoms with van der Waals surface area (Å²) in [6.45, 7) is 11.0. The molecule has 0 aromatic carbocycles. The molecule has 0 aliphatic rings. The molecule has 0 atom stereocenters. The second-order valence-corrected chi connectivity index (χ2v) is 6.63. The fourth-order valence-corrected chi connectivity index (χ4v) is 2.79. The van der Waals surface area contributed by atoms with Crippen LogP contribution in [0, 0.1) is 0 Å². The van der Waals surface area contributed by atoms with Crippen LogP contribution in [0.15, 0.2) is 33.9 Å². The standard InChI is InChI=1S/C21H33N5O2/c1-5-11-27-20-10-9-16(13-23-20)14-24-21(22-8-4)25-15-18-12-19(26-28-18)17(6-2)7-3/h9-10,12-13,17H,5-8,11,14-15H2,1-4H3,(H2,22,24,25). The third kappa shape index (κ3) is 6.87. The monoisotopic (exact) mass is 387 g/mol. The molecule has 0 saturated carbocycles. The Morgan fingerprint density at radius 2 is 2.00 bits per heavy atom. The van der Waals surface area contributed by atoms with E-state index in [0.717, 1.165) is 48.8 Å². The van der Waals surface area contributed by atoms with Crippen molar-refractivity contribution in [3.05, 3.63) is 41.4 Å². The van der Waals surface area contributed by atoms with E-state index >= 15 is 0 Å². The number of guanidine groups is 1. The van der Waals surface area contributed by atoms with Gasteiger partial charge < -0.3 is 19.9 Å². The summed E-state index contributed by atoms with van der Waals surface area (Å²) < 4.78 is 11.0. The van der Waals surface area contributed by atoms with E-state index in [4.69, 9.17) is 9.26 Å². The zero-order valence-corrected chi connectivity index (χ0v) is 17.5. The van der Waals surface area contributed by atoms with Crippen molar-refractivity contribution >= 4 is 5.96 Å². The molecule has 0 saturated heterocycles. The normalized spacial score (nSPS) is 11.7. The van der Waals surface area contributed by atoms with Gasteiger partial charge in [-0.25, -0.2) is 9.98 Å². The van der Waals surface area contributed by atoms with Crippen molar-refractivity contribution in [1.82, 2.24) is 20.8 Å². The minimum absolute atomic E-state index is 0.455. The Balaban J connectivity index is 1.91. The van der Waals surface area contributed by atoms with Gasteiger partial charge >= 0.3 is 0 Å². The second-order valence-electron chi connectivity index (χ2n) is 6.63. The Hall–Kier alpha value is -2.57. The first-order valence-corrected chi connectivity index (χ1v) is 10.2. The number of nitrogens with one attached hydrogen (secondary N) is 2. The molecule has 0 bridgehead atoms. The molecule has 2 heterocycles. The lowest BCUT2D eigenvalue weighted by molar-refractivity contribution is 0.305. The molecule has 0 amide bonds. The topological polar surface area (TPSA) is 84.6 Å². The quantitative estimate of drug-likeness (QED) is 0.447. The molecule has 0 spiro atoms. The summed E-state index contributed by atoms with van der Waals surface area (Å²) in [6.07, 6.45) is 4.90. The molecule has 0 fully saturated rings. The van der Waals surface area contributed by atoms with Crippen molar-refractivity contribution in [3.8, 4) is 5.88 Å². The molecule has 2 N–H and O–H groups in total. The summed E-state index contributed by atoms with van der Waals surface area (Å²) in [6, 6.07) is 5.91. The van der Waals surface area contributed by atoms with Crippen LogP contribution in [0.4, 0.5) is 0 Å². The van der Waals surface area contributed by atoms with E-state index in [2.05, 4.69) is 46.5 Å². The predicted octanol–water partition coefficient (Wildman–Crippen LogP) is 4.02. The third-order valence-electron chi connectivity index (χ3n) is 4.43. The molecule has 0 radical (unpaired) electrons. The smallest absolute Gasteiger partial charge is 0.213 e. The highest BCUT2D eigenvalue weighted by atomic mass is 16.5. The Kier molecular flexibility index (Phi) is 9.31. The van der Waals surface area contributed by atoms with Crippen LogP contribution < -0.4 is 15.4 Å². The van der Waals surface area contributed by atoms with E-state index in [9.17, 15) is 0 Å². The highest BCUT2D eigenvalue weighted by Crippen LogP contribution is 2.22. The van der Waals surface area contributed by atoms with Crippen LogP contribution in [-0.2, 0) is 13.1 Å². The molecule has 7 nitrogen and oxygen atoms in total. The van der Waals surface area contributed by atoms with Crippen molar-refractivity contribution in [2.24, 2.45) is 4.99 Å². The van der Waals surface area contributed by atoms with Crippen LogP contribution in [0.1, 0.15) is 69.9 Å². The maximum atomic E-state index is 5.51. The van der Waals surface area contributed by atoms with Crippen LogP contribution in [-0.4, -0.2) is 29.3 Å². The van der Waals surface area contributed by atoms with Crippen LogP contribution in [0.5, 0.6) is 5.88 Å². The average molecular weight is 388 g/mol. The molecule has 0 aliphatic heterocycles. The van der Waals surface area contributed by atoms with Gasteiger partial charge in [0, 0.05) is 30.8 Å². The number of hydrogen-bond donors (Lipinski definition) is 2. The van der Waals surface area contributed by atoms with E-state index in [0.29, 0.717) is 31.5 Å². The van der Waals surface area contributed by atoms with Gasteiger partial charge in [0.25, 0.3) is 0 Å². The fraction of sp³-hybridized carbons (Fsp3) is 0.571. The Labute approximate surface area is 168 Å². The van der Waals surface area contributed by atoms with Crippen LogP contribution in [0.25, 0.3) is 0 Å². The van der Waals surface area contributed by atoms with Gasteiger partial charge in [0.15, 0.2) is 11.7 Å². The predicted molar refractivity (Wildman–Crippen MR) is 112 cm³/mol. The molecular weight excluding hydrogens is 354 g/mol. The number of rotatable bonds is 11. The minimum atomic E-state index is 0.455. The Morgan fingerprint density at radius 1 is 1.18 bits per heavy atom. The lowest BCUT2D eigenvalue weighted by Crippen LogP contribution is -2.36. The maximum Gasteiger partial charge on any atom is 0.213 e. The van der Waals surface area contributed by atoms with Crippen LogP contribution in [0.2, 0.25) is 0 Å². The number of aromatic nitrogens is 2. The maximum absolute atomic E-state index is 5.51. The largest absolute Gasteiger partial charge is 0.478 e. The van der Waals surface area contributed by atoms with Crippen molar-refractivity contribution < 1.29 is 9.26 Å². The van der Waals surface area contributed by atoms with Crippen molar-refractivity contribution in [3.63, 3.8) is 0 Å². The summed E-state index contributed by atoms with van der Waals surface area (Å²) >= 11 is 0. The molecule has 28 heavy (non-hydrogen) atoms. The molecule has 154 valence electrons. The molecule has 0 unspecified atom stereocenters. The van der Waals surface area contributed by atoms with E-state index in [1.54, 1.807) is 6.20 Å². The van der Waals surface area contributed by atoms with Gasteiger partial charge in [0.05, 0.1) is 25.4 Å². The second kappa shape index (κ2) is 12.0.